The maximum Gasteiger partial charge on any atom is 0.401 e. The van der Waals surface area contributed by atoms with Gasteiger partial charge in [-0.05, 0) is 50.8 Å². The van der Waals surface area contributed by atoms with Gasteiger partial charge in [0.25, 0.3) is 0 Å². The molecule has 0 radical (unpaired) electrons. The van der Waals surface area contributed by atoms with Crippen LogP contribution in [0.2, 0.25) is 0 Å². The van der Waals surface area contributed by atoms with Gasteiger partial charge in [-0.1, -0.05) is 30.3 Å². The molecule has 0 saturated carbocycles. The third-order valence-corrected chi connectivity index (χ3v) is 4.56. The maximum absolute atomic E-state index is 12.4. The Balaban J connectivity index is 1.69. The van der Waals surface area contributed by atoms with Crippen LogP contribution in [0.15, 0.2) is 35.3 Å². The Hall–Kier alpha value is -1.76. The summed E-state index contributed by atoms with van der Waals surface area (Å²) in [6, 6.07) is 10.1. The van der Waals surface area contributed by atoms with E-state index < -0.39 is 12.7 Å². The summed E-state index contributed by atoms with van der Waals surface area (Å²) >= 11 is 0. The fourth-order valence-corrected chi connectivity index (χ4v) is 3.18. The molecule has 0 unspecified atom stereocenters. The second kappa shape index (κ2) is 10.4. The first-order chi connectivity index (χ1) is 12.5. The van der Waals surface area contributed by atoms with Crippen molar-refractivity contribution in [1.29, 1.82) is 0 Å². The quantitative estimate of drug-likeness (QED) is 0.571. The Bertz CT molecular complexity index is 537. The first-order valence-corrected chi connectivity index (χ1v) is 9.31. The number of likely N-dealkylation sites (tertiary alicyclic amines) is 1. The molecule has 0 aliphatic carbocycles. The molecule has 1 aliphatic heterocycles. The lowest BCUT2D eigenvalue weighted by molar-refractivity contribution is -0.148. The van der Waals surface area contributed by atoms with E-state index in [1.165, 1.54) is 4.90 Å². The smallest absolute Gasteiger partial charge is 0.357 e. The summed E-state index contributed by atoms with van der Waals surface area (Å²) in [5, 5.41) is 6.56. The average molecular weight is 370 g/mol. The third kappa shape index (κ3) is 8.08. The van der Waals surface area contributed by atoms with Crippen molar-refractivity contribution in [3.05, 3.63) is 35.9 Å². The van der Waals surface area contributed by atoms with Crippen LogP contribution in [0.3, 0.4) is 0 Å². The van der Waals surface area contributed by atoms with Gasteiger partial charge in [-0.25, -0.2) is 4.99 Å². The summed E-state index contributed by atoms with van der Waals surface area (Å²) in [4.78, 5) is 6.09. The van der Waals surface area contributed by atoms with Gasteiger partial charge >= 0.3 is 6.18 Å². The summed E-state index contributed by atoms with van der Waals surface area (Å²) < 4.78 is 37.3. The number of halogens is 3. The first-order valence-electron chi connectivity index (χ1n) is 9.31. The van der Waals surface area contributed by atoms with Crippen LogP contribution in [-0.2, 0) is 6.54 Å². The molecule has 2 rings (SSSR count). The zero-order chi connectivity index (χ0) is 18.8. The van der Waals surface area contributed by atoms with Crippen LogP contribution in [-0.4, -0.2) is 49.8 Å². The van der Waals surface area contributed by atoms with E-state index in [1.54, 1.807) is 0 Å². The van der Waals surface area contributed by atoms with E-state index in [2.05, 4.69) is 15.6 Å². The van der Waals surface area contributed by atoms with Gasteiger partial charge in [-0.3, -0.25) is 4.90 Å². The highest BCUT2D eigenvalue weighted by molar-refractivity contribution is 5.79. The lowest BCUT2D eigenvalue weighted by atomic mass is 9.93. The monoisotopic (exact) mass is 370 g/mol. The summed E-state index contributed by atoms with van der Waals surface area (Å²) in [5.41, 5.74) is 1.15. The Morgan fingerprint density at radius 1 is 1.15 bits per heavy atom. The molecule has 1 saturated heterocycles. The zero-order valence-corrected chi connectivity index (χ0v) is 15.4. The van der Waals surface area contributed by atoms with Crippen molar-refractivity contribution in [1.82, 2.24) is 15.5 Å². The molecule has 146 valence electrons. The van der Waals surface area contributed by atoms with E-state index in [0.29, 0.717) is 25.6 Å². The number of aliphatic imine (C=N–C) groups is 1. The van der Waals surface area contributed by atoms with Gasteiger partial charge < -0.3 is 10.6 Å². The number of piperidine rings is 1. The van der Waals surface area contributed by atoms with Crippen molar-refractivity contribution >= 4 is 5.96 Å². The molecule has 1 fully saturated rings. The molecule has 0 bridgehead atoms. The van der Waals surface area contributed by atoms with Crippen LogP contribution < -0.4 is 10.6 Å². The number of nitrogens with zero attached hydrogens (tertiary/aromatic N) is 2. The molecule has 7 heteroatoms. The van der Waals surface area contributed by atoms with Crippen LogP contribution in [0.1, 0.15) is 31.7 Å². The molecular weight excluding hydrogens is 341 g/mol. The maximum atomic E-state index is 12.4. The highest BCUT2D eigenvalue weighted by Gasteiger charge is 2.32. The molecule has 0 amide bonds. The molecule has 2 N–H and O–H groups in total. The molecule has 1 aromatic rings. The van der Waals surface area contributed by atoms with Crippen LogP contribution in [0.5, 0.6) is 0 Å². The van der Waals surface area contributed by atoms with Crippen molar-refractivity contribution in [2.75, 3.05) is 32.7 Å². The number of nitrogens with one attached hydrogen (secondary N) is 2. The van der Waals surface area contributed by atoms with Gasteiger partial charge in [0.15, 0.2) is 5.96 Å². The van der Waals surface area contributed by atoms with Gasteiger partial charge in [-0.2, -0.15) is 13.2 Å². The van der Waals surface area contributed by atoms with Crippen molar-refractivity contribution < 1.29 is 13.2 Å². The Kier molecular flexibility index (Phi) is 8.22. The molecule has 1 aliphatic rings. The summed E-state index contributed by atoms with van der Waals surface area (Å²) in [6.07, 6.45) is -1.48. The van der Waals surface area contributed by atoms with Gasteiger partial charge in [0.05, 0.1) is 13.1 Å². The fourth-order valence-electron chi connectivity index (χ4n) is 3.18. The van der Waals surface area contributed by atoms with Crippen LogP contribution in [0.25, 0.3) is 0 Å². The lowest BCUT2D eigenvalue weighted by Crippen LogP contribution is -2.41. The molecular formula is C19H29F3N4. The Morgan fingerprint density at radius 3 is 2.46 bits per heavy atom. The number of guanidine groups is 1. The fraction of sp³-hybridized carbons (Fsp3) is 0.632. The van der Waals surface area contributed by atoms with Crippen molar-refractivity contribution in [2.24, 2.45) is 10.9 Å². The molecule has 1 heterocycles. The number of hydrogen-bond donors (Lipinski definition) is 2. The second-order valence-electron chi connectivity index (χ2n) is 6.73. The third-order valence-electron chi connectivity index (χ3n) is 4.56. The standard InChI is InChI=1S/C19H29F3N4/c1-2-23-18(25-14-17-6-4-3-5-7-17)24-11-8-16-9-12-26(13-10-16)15-19(20,21)22/h3-7,16H,2,8-15H2,1H3,(H2,23,24,25). The van der Waals surface area contributed by atoms with E-state index in [0.717, 1.165) is 43.9 Å². The molecule has 26 heavy (non-hydrogen) atoms. The summed E-state index contributed by atoms with van der Waals surface area (Å²) in [5.74, 6) is 1.26. The lowest BCUT2D eigenvalue weighted by Gasteiger charge is -2.32. The normalized spacial score (nSPS) is 17.3. The molecule has 4 nitrogen and oxygen atoms in total. The van der Waals surface area contributed by atoms with E-state index in [-0.39, 0.29) is 0 Å². The Morgan fingerprint density at radius 2 is 1.85 bits per heavy atom. The topological polar surface area (TPSA) is 39.7 Å². The van der Waals surface area contributed by atoms with Gasteiger partial charge in [-0.15, -0.1) is 0 Å². The van der Waals surface area contributed by atoms with E-state index in [1.807, 2.05) is 37.3 Å². The van der Waals surface area contributed by atoms with E-state index >= 15 is 0 Å². The largest absolute Gasteiger partial charge is 0.401 e. The van der Waals surface area contributed by atoms with Crippen molar-refractivity contribution in [3.8, 4) is 0 Å². The number of rotatable bonds is 7. The second-order valence-corrected chi connectivity index (χ2v) is 6.73. The predicted molar refractivity (Wildman–Crippen MR) is 99.1 cm³/mol. The van der Waals surface area contributed by atoms with E-state index in [9.17, 15) is 13.2 Å². The molecule has 0 atom stereocenters. The molecule has 0 spiro atoms. The highest BCUT2D eigenvalue weighted by Crippen LogP contribution is 2.23. The summed E-state index contributed by atoms with van der Waals surface area (Å²) in [6.45, 7) is 4.50. The average Bonchev–Trinajstić information content (AvgIpc) is 2.61. The number of hydrogen-bond acceptors (Lipinski definition) is 2. The van der Waals surface area contributed by atoms with Gasteiger partial charge in [0.1, 0.15) is 0 Å². The minimum atomic E-state index is -4.09. The minimum absolute atomic E-state index is 0.476. The molecule has 0 aromatic heterocycles. The van der Waals surface area contributed by atoms with Crippen LogP contribution >= 0.6 is 0 Å². The first kappa shape index (κ1) is 20.6. The number of benzene rings is 1. The van der Waals surface area contributed by atoms with Crippen LogP contribution in [0, 0.1) is 5.92 Å². The molecule has 1 aromatic carbocycles. The SMILES string of the molecule is CCNC(=NCc1ccccc1)NCCC1CCN(CC(F)(F)F)CC1. The number of alkyl halides is 3. The zero-order valence-electron chi connectivity index (χ0n) is 15.4. The highest BCUT2D eigenvalue weighted by atomic mass is 19.4. The van der Waals surface area contributed by atoms with Crippen molar-refractivity contribution in [3.63, 3.8) is 0 Å². The van der Waals surface area contributed by atoms with Gasteiger partial charge in [0, 0.05) is 13.1 Å². The van der Waals surface area contributed by atoms with Crippen LogP contribution in [0.4, 0.5) is 13.2 Å². The Labute approximate surface area is 153 Å². The predicted octanol–water partition coefficient (Wildman–Crippen LogP) is 3.41. The van der Waals surface area contributed by atoms with Gasteiger partial charge in [0.2, 0.25) is 0 Å². The minimum Gasteiger partial charge on any atom is -0.357 e. The van der Waals surface area contributed by atoms with E-state index in [4.69, 9.17) is 0 Å². The van der Waals surface area contributed by atoms with Crippen molar-refractivity contribution in [2.45, 2.75) is 38.9 Å². The summed E-state index contributed by atoms with van der Waals surface area (Å²) in [7, 11) is 0.